The van der Waals surface area contributed by atoms with E-state index in [1.54, 1.807) is 12.4 Å². The van der Waals surface area contributed by atoms with Crippen molar-refractivity contribution < 1.29 is 4.74 Å². The van der Waals surface area contributed by atoms with Gasteiger partial charge in [-0.3, -0.25) is 4.98 Å². The van der Waals surface area contributed by atoms with Crippen molar-refractivity contribution in [2.45, 2.75) is 20.4 Å². The molecule has 0 aliphatic heterocycles. The minimum absolute atomic E-state index is 0.608. The van der Waals surface area contributed by atoms with Gasteiger partial charge in [-0.05, 0) is 42.8 Å². The van der Waals surface area contributed by atoms with Gasteiger partial charge in [0.05, 0.1) is 6.20 Å². The summed E-state index contributed by atoms with van der Waals surface area (Å²) in [5.74, 6) is 2.13. The van der Waals surface area contributed by atoms with Gasteiger partial charge in [-0.15, -0.1) is 0 Å². The lowest BCUT2D eigenvalue weighted by Gasteiger charge is -2.13. The standard InChI is InChI=1S/C16H19ClN2O/c1-12(2)9-19-10-13-8-14(17)5-6-16(13)20-15-4-3-7-18-11-15/h3-8,11-12,19H,9-10H2,1-2H3. The Kier molecular flexibility index (Phi) is 5.39. The molecule has 0 atom stereocenters. The molecule has 1 N–H and O–H groups in total. The molecule has 0 aliphatic rings. The van der Waals surface area contributed by atoms with Gasteiger partial charge in [-0.1, -0.05) is 25.4 Å². The second kappa shape index (κ2) is 7.27. The predicted molar refractivity (Wildman–Crippen MR) is 82.3 cm³/mol. The third-order valence-electron chi connectivity index (χ3n) is 2.75. The highest BCUT2D eigenvalue weighted by Crippen LogP contribution is 2.27. The molecular formula is C16H19ClN2O. The third-order valence-corrected chi connectivity index (χ3v) is 2.99. The average molecular weight is 291 g/mol. The van der Waals surface area contributed by atoms with E-state index in [1.807, 2.05) is 30.3 Å². The van der Waals surface area contributed by atoms with Crippen LogP contribution in [0.1, 0.15) is 19.4 Å². The van der Waals surface area contributed by atoms with Crippen molar-refractivity contribution in [3.63, 3.8) is 0 Å². The Labute approximate surface area is 124 Å². The van der Waals surface area contributed by atoms with Crippen LogP contribution in [0.15, 0.2) is 42.7 Å². The number of halogens is 1. The normalized spacial score (nSPS) is 10.8. The molecule has 1 heterocycles. The highest BCUT2D eigenvalue weighted by atomic mass is 35.5. The molecule has 3 nitrogen and oxygen atoms in total. The highest BCUT2D eigenvalue weighted by Gasteiger charge is 2.06. The lowest BCUT2D eigenvalue weighted by atomic mass is 10.1. The summed E-state index contributed by atoms with van der Waals surface area (Å²) in [7, 11) is 0. The number of nitrogens with one attached hydrogen (secondary N) is 1. The van der Waals surface area contributed by atoms with Gasteiger partial charge < -0.3 is 10.1 Å². The van der Waals surface area contributed by atoms with E-state index in [-0.39, 0.29) is 0 Å². The van der Waals surface area contributed by atoms with Crippen LogP contribution in [0, 0.1) is 5.92 Å². The Morgan fingerprint density at radius 2 is 2.15 bits per heavy atom. The van der Waals surface area contributed by atoms with Crippen molar-refractivity contribution in [3.05, 3.63) is 53.3 Å². The van der Waals surface area contributed by atoms with Gasteiger partial charge in [-0.25, -0.2) is 0 Å². The molecule has 2 rings (SSSR count). The summed E-state index contributed by atoms with van der Waals surface area (Å²) in [6.07, 6.45) is 3.42. The van der Waals surface area contributed by atoms with E-state index in [9.17, 15) is 0 Å². The van der Waals surface area contributed by atoms with Gasteiger partial charge in [0.2, 0.25) is 0 Å². The zero-order valence-corrected chi connectivity index (χ0v) is 12.5. The molecule has 1 aromatic carbocycles. The molecule has 4 heteroatoms. The zero-order chi connectivity index (χ0) is 14.4. The van der Waals surface area contributed by atoms with Crippen LogP contribution in [-0.2, 0) is 6.54 Å². The highest BCUT2D eigenvalue weighted by molar-refractivity contribution is 6.30. The maximum absolute atomic E-state index is 6.07. The first-order valence-electron chi connectivity index (χ1n) is 6.72. The number of hydrogen-bond acceptors (Lipinski definition) is 3. The van der Waals surface area contributed by atoms with Crippen LogP contribution in [0.4, 0.5) is 0 Å². The smallest absolute Gasteiger partial charge is 0.145 e. The monoisotopic (exact) mass is 290 g/mol. The minimum atomic E-state index is 0.608. The zero-order valence-electron chi connectivity index (χ0n) is 11.8. The fourth-order valence-corrected chi connectivity index (χ4v) is 2.01. The van der Waals surface area contributed by atoms with Crippen molar-refractivity contribution in [3.8, 4) is 11.5 Å². The van der Waals surface area contributed by atoms with Crippen LogP contribution < -0.4 is 10.1 Å². The van der Waals surface area contributed by atoms with Gasteiger partial charge in [0.15, 0.2) is 0 Å². The van der Waals surface area contributed by atoms with Gasteiger partial charge in [0.25, 0.3) is 0 Å². The number of aromatic nitrogens is 1. The molecule has 2 aromatic rings. The average Bonchev–Trinajstić information content (AvgIpc) is 2.42. The quantitative estimate of drug-likeness (QED) is 0.862. The minimum Gasteiger partial charge on any atom is -0.455 e. The molecule has 1 aromatic heterocycles. The number of hydrogen-bond donors (Lipinski definition) is 1. The predicted octanol–water partition coefficient (Wildman–Crippen LogP) is 4.27. The SMILES string of the molecule is CC(C)CNCc1cc(Cl)ccc1Oc1cccnc1. The van der Waals surface area contributed by atoms with Crippen molar-refractivity contribution in [1.29, 1.82) is 0 Å². The summed E-state index contributed by atoms with van der Waals surface area (Å²) >= 11 is 6.07. The summed E-state index contributed by atoms with van der Waals surface area (Å²) in [6.45, 7) is 6.04. The third kappa shape index (κ3) is 4.51. The fourth-order valence-electron chi connectivity index (χ4n) is 1.82. The van der Waals surface area contributed by atoms with Crippen molar-refractivity contribution >= 4 is 11.6 Å². The number of benzene rings is 1. The summed E-state index contributed by atoms with van der Waals surface area (Å²) in [4.78, 5) is 4.05. The molecule has 0 unspecified atom stereocenters. The molecule has 0 spiro atoms. The van der Waals surface area contributed by atoms with Crippen LogP contribution in [0.25, 0.3) is 0 Å². The maximum Gasteiger partial charge on any atom is 0.145 e. The number of ether oxygens (including phenoxy) is 1. The lowest BCUT2D eigenvalue weighted by molar-refractivity contribution is 0.467. The molecule has 0 amide bonds. The molecule has 0 radical (unpaired) electrons. The van der Waals surface area contributed by atoms with E-state index in [2.05, 4.69) is 24.1 Å². The molecule has 0 saturated heterocycles. The molecule has 20 heavy (non-hydrogen) atoms. The van der Waals surface area contributed by atoms with Crippen LogP contribution >= 0.6 is 11.6 Å². The Morgan fingerprint density at radius 3 is 2.85 bits per heavy atom. The van der Waals surface area contributed by atoms with E-state index >= 15 is 0 Å². The van der Waals surface area contributed by atoms with Crippen molar-refractivity contribution in [2.24, 2.45) is 5.92 Å². The topological polar surface area (TPSA) is 34.1 Å². The second-order valence-electron chi connectivity index (χ2n) is 5.07. The molecule has 0 aliphatic carbocycles. The first kappa shape index (κ1) is 14.8. The van der Waals surface area contributed by atoms with Gasteiger partial charge in [0, 0.05) is 23.3 Å². The molecule has 0 fully saturated rings. The first-order chi connectivity index (χ1) is 9.65. The van der Waals surface area contributed by atoms with Gasteiger partial charge >= 0.3 is 0 Å². The van der Waals surface area contributed by atoms with E-state index in [4.69, 9.17) is 16.3 Å². The van der Waals surface area contributed by atoms with Crippen LogP contribution in [0.5, 0.6) is 11.5 Å². The Balaban J connectivity index is 2.11. The Bertz CT molecular complexity index is 543. The summed E-state index contributed by atoms with van der Waals surface area (Å²) in [5, 5.41) is 4.11. The summed E-state index contributed by atoms with van der Waals surface area (Å²) in [6, 6.07) is 9.39. The van der Waals surface area contributed by atoms with Gasteiger partial charge in [0.1, 0.15) is 11.5 Å². The number of rotatable bonds is 6. The van der Waals surface area contributed by atoms with E-state index in [0.29, 0.717) is 10.9 Å². The fraction of sp³-hybridized carbons (Fsp3) is 0.312. The number of nitrogens with zero attached hydrogens (tertiary/aromatic N) is 1. The Morgan fingerprint density at radius 1 is 1.30 bits per heavy atom. The molecule has 0 bridgehead atoms. The largest absolute Gasteiger partial charge is 0.455 e. The Hall–Kier alpha value is -1.58. The van der Waals surface area contributed by atoms with Crippen LogP contribution in [0.2, 0.25) is 5.02 Å². The first-order valence-corrected chi connectivity index (χ1v) is 7.10. The van der Waals surface area contributed by atoms with Gasteiger partial charge in [-0.2, -0.15) is 0 Å². The van der Waals surface area contributed by atoms with E-state index in [1.165, 1.54) is 0 Å². The van der Waals surface area contributed by atoms with E-state index < -0.39 is 0 Å². The molecular weight excluding hydrogens is 272 g/mol. The van der Waals surface area contributed by atoms with Crippen LogP contribution in [-0.4, -0.2) is 11.5 Å². The van der Waals surface area contributed by atoms with Crippen LogP contribution in [0.3, 0.4) is 0 Å². The molecule has 0 saturated carbocycles. The number of pyridine rings is 1. The lowest BCUT2D eigenvalue weighted by Crippen LogP contribution is -2.19. The molecule has 106 valence electrons. The maximum atomic E-state index is 6.07. The van der Waals surface area contributed by atoms with E-state index in [0.717, 1.165) is 30.2 Å². The van der Waals surface area contributed by atoms with Crippen molar-refractivity contribution in [2.75, 3.05) is 6.54 Å². The summed E-state index contributed by atoms with van der Waals surface area (Å²) in [5.41, 5.74) is 1.04. The second-order valence-corrected chi connectivity index (χ2v) is 5.50. The summed E-state index contributed by atoms with van der Waals surface area (Å²) < 4.78 is 5.86. The van der Waals surface area contributed by atoms with Crippen molar-refractivity contribution in [1.82, 2.24) is 10.3 Å².